The number of rotatable bonds is 5. The van der Waals surface area contributed by atoms with Gasteiger partial charge in [-0.2, -0.15) is 0 Å². The first kappa shape index (κ1) is 16.4. The second kappa shape index (κ2) is 7.68. The van der Waals surface area contributed by atoms with Gasteiger partial charge in [0.15, 0.2) is 0 Å². The molecule has 0 amide bonds. The molecule has 1 saturated carbocycles. The molecule has 15 heavy (non-hydrogen) atoms. The smallest absolute Gasteiger partial charge is 0.448 e. The predicted molar refractivity (Wildman–Crippen MR) is 50.0 cm³/mol. The van der Waals surface area contributed by atoms with Gasteiger partial charge in [0, 0.05) is 12.6 Å². The molecule has 0 aromatic rings. The largest absolute Gasteiger partial charge is 1.00 e. The summed E-state index contributed by atoms with van der Waals surface area (Å²) in [5.41, 5.74) is 0. The molecule has 0 aromatic carbocycles. The zero-order valence-electron chi connectivity index (χ0n) is 9.13. The maximum absolute atomic E-state index is 12.2. The molecule has 0 aliphatic heterocycles. The quantitative estimate of drug-likeness (QED) is 0.607. The van der Waals surface area contributed by atoms with Crippen molar-refractivity contribution in [2.24, 2.45) is 0 Å². The standard InChI is InChI=1S/C8H16BF3NO.K/c10-9(11,12)7-13(5-6-14)8-3-1-2-4-8;/h8,14H,1-7H2;/q-1;+1. The Hall–Kier alpha value is 1.41. The van der Waals surface area contributed by atoms with Gasteiger partial charge in [0.2, 0.25) is 0 Å². The van der Waals surface area contributed by atoms with Crippen molar-refractivity contribution < 1.29 is 69.4 Å². The summed E-state index contributed by atoms with van der Waals surface area (Å²) < 4.78 is 36.7. The van der Waals surface area contributed by atoms with Gasteiger partial charge in [-0.15, -0.1) is 0 Å². The maximum Gasteiger partial charge on any atom is 1.00 e. The Balaban J connectivity index is 0.00000196. The number of hydrogen-bond donors (Lipinski definition) is 1. The normalized spacial score (nSPS) is 18.2. The van der Waals surface area contributed by atoms with Crippen molar-refractivity contribution in [1.29, 1.82) is 0 Å². The molecular formula is C8H16BF3KNO. The molecule has 1 aliphatic carbocycles. The Morgan fingerprint density at radius 1 is 1.20 bits per heavy atom. The third-order valence-electron chi connectivity index (χ3n) is 2.67. The van der Waals surface area contributed by atoms with Crippen molar-refractivity contribution in [2.45, 2.75) is 31.7 Å². The minimum Gasteiger partial charge on any atom is -0.448 e. The molecule has 0 aromatic heterocycles. The molecule has 84 valence electrons. The van der Waals surface area contributed by atoms with E-state index in [-0.39, 0.29) is 70.6 Å². The van der Waals surface area contributed by atoms with Crippen LogP contribution < -0.4 is 51.4 Å². The monoisotopic (exact) mass is 249 g/mol. The van der Waals surface area contributed by atoms with E-state index < -0.39 is 13.4 Å². The summed E-state index contributed by atoms with van der Waals surface area (Å²) in [5.74, 6) is 0. The fourth-order valence-corrected chi connectivity index (χ4v) is 2.09. The minimum absolute atomic E-state index is 0. The Labute approximate surface area is 131 Å². The third-order valence-corrected chi connectivity index (χ3v) is 2.67. The molecule has 0 unspecified atom stereocenters. The van der Waals surface area contributed by atoms with Gasteiger partial charge in [0.05, 0.1) is 6.61 Å². The molecule has 0 spiro atoms. The van der Waals surface area contributed by atoms with Crippen LogP contribution in [0.3, 0.4) is 0 Å². The van der Waals surface area contributed by atoms with Gasteiger partial charge >= 0.3 is 58.4 Å². The molecular weight excluding hydrogens is 233 g/mol. The van der Waals surface area contributed by atoms with Crippen LogP contribution in [0.1, 0.15) is 25.7 Å². The molecule has 0 bridgehead atoms. The Morgan fingerprint density at radius 3 is 2.13 bits per heavy atom. The van der Waals surface area contributed by atoms with Crippen molar-refractivity contribution in [3.8, 4) is 0 Å². The summed E-state index contributed by atoms with van der Waals surface area (Å²) in [6.07, 6.45) is 2.87. The van der Waals surface area contributed by atoms with E-state index in [0.29, 0.717) is 0 Å². The zero-order chi connectivity index (χ0) is 10.6. The van der Waals surface area contributed by atoms with Crippen LogP contribution >= 0.6 is 0 Å². The average Bonchev–Trinajstić information content (AvgIpc) is 2.52. The fraction of sp³-hybridized carbons (Fsp3) is 1.00. The fourth-order valence-electron chi connectivity index (χ4n) is 2.09. The van der Waals surface area contributed by atoms with Gasteiger partial charge in [-0.3, -0.25) is 0 Å². The summed E-state index contributed by atoms with van der Waals surface area (Å²) in [6.45, 7) is -4.81. The van der Waals surface area contributed by atoms with Crippen LogP contribution in [0.25, 0.3) is 0 Å². The first-order valence-corrected chi connectivity index (χ1v) is 5.09. The first-order chi connectivity index (χ1) is 6.53. The van der Waals surface area contributed by atoms with Gasteiger partial charge in [0.25, 0.3) is 0 Å². The van der Waals surface area contributed by atoms with Gasteiger partial charge in [-0.1, -0.05) is 12.8 Å². The SMILES string of the molecule is OCCN(C[B-](F)(F)F)C1CCCC1.[K+]. The minimum atomic E-state index is -4.76. The van der Waals surface area contributed by atoms with Crippen LogP contribution in [0, 0.1) is 0 Å². The number of hydrogen-bond acceptors (Lipinski definition) is 2. The summed E-state index contributed by atoms with van der Waals surface area (Å²) in [4.78, 5) is 1.38. The predicted octanol–water partition coefficient (Wildman–Crippen LogP) is -1.39. The Bertz CT molecular complexity index is 176. The molecule has 1 N–H and O–H groups in total. The van der Waals surface area contributed by atoms with E-state index in [1.807, 2.05) is 0 Å². The van der Waals surface area contributed by atoms with Gasteiger partial charge < -0.3 is 23.0 Å². The Kier molecular flexibility index (Phi) is 8.41. The van der Waals surface area contributed by atoms with Gasteiger partial charge in [-0.25, -0.2) is 0 Å². The van der Waals surface area contributed by atoms with E-state index in [2.05, 4.69) is 0 Å². The zero-order valence-corrected chi connectivity index (χ0v) is 12.3. The summed E-state index contributed by atoms with van der Waals surface area (Å²) in [5, 5.41) is 8.69. The van der Waals surface area contributed by atoms with Crippen LogP contribution in [-0.4, -0.2) is 42.6 Å². The summed E-state index contributed by atoms with van der Waals surface area (Å²) in [6, 6.07) is 0.0330. The second-order valence-electron chi connectivity index (χ2n) is 3.87. The van der Waals surface area contributed by atoms with Crippen molar-refractivity contribution in [3.05, 3.63) is 0 Å². The van der Waals surface area contributed by atoms with E-state index in [0.717, 1.165) is 25.7 Å². The van der Waals surface area contributed by atoms with E-state index in [1.54, 1.807) is 0 Å². The van der Waals surface area contributed by atoms with Crippen molar-refractivity contribution >= 4 is 6.98 Å². The second-order valence-corrected chi connectivity index (χ2v) is 3.87. The van der Waals surface area contributed by atoms with Crippen LogP contribution in [0.4, 0.5) is 12.9 Å². The average molecular weight is 249 g/mol. The van der Waals surface area contributed by atoms with Crippen LogP contribution in [0.15, 0.2) is 0 Å². The van der Waals surface area contributed by atoms with E-state index in [4.69, 9.17) is 5.11 Å². The van der Waals surface area contributed by atoms with Crippen molar-refractivity contribution in [2.75, 3.05) is 19.6 Å². The van der Waals surface area contributed by atoms with Crippen molar-refractivity contribution in [3.63, 3.8) is 0 Å². The summed E-state index contributed by atoms with van der Waals surface area (Å²) in [7, 11) is 0. The molecule has 1 fully saturated rings. The van der Waals surface area contributed by atoms with Gasteiger partial charge in [0.1, 0.15) is 0 Å². The maximum atomic E-state index is 12.2. The molecule has 1 aliphatic rings. The van der Waals surface area contributed by atoms with Crippen LogP contribution in [0.5, 0.6) is 0 Å². The molecule has 7 heteroatoms. The molecule has 2 nitrogen and oxygen atoms in total. The molecule has 0 heterocycles. The van der Waals surface area contributed by atoms with Crippen LogP contribution in [0.2, 0.25) is 0 Å². The summed E-state index contributed by atoms with van der Waals surface area (Å²) >= 11 is 0. The third kappa shape index (κ3) is 6.65. The number of nitrogens with zero attached hydrogens (tertiary/aromatic N) is 1. The van der Waals surface area contributed by atoms with Crippen LogP contribution in [-0.2, 0) is 0 Å². The molecule has 1 rings (SSSR count). The van der Waals surface area contributed by atoms with Gasteiger partial charge in [-0.05, 0) is 19.3 Å². The molecule has 0 radical (unpaired) electrons. The topological polar surface area (TPSA) is 23.5 Å². The Morgan fingerprint density at radius 2 is 1.73 bits per heavy atom. The number of aliphatic hydroxyl groups excluding tert-OH is 1. The first-order valence-electron chi connectivity index (χ1n) is 5.09. The molecule has 0 saturated heterocycles. The van der Waals surface area contributed by atoms with Crippen molar-refractivity contribution in [1.82, 2.24) is 4.90 Å². The molecule has 0 atom stereocenters. The van der Waals surface area contributed by atoms with E-state index in [1.165, 1.54) is 4.90 Å². The van der Waals surface area contributed by atoms with E-state index >= 15 is 0 Å². The van der Waals surface area contributed by atoms with E-state index in [9.17, 15) is 12.9 Å². The number of halogens is 3. The number of aliphatic hydroxyl groups is 1.